The Hall–Kier alpha value is -8.34. The van der Waals surface area contributed by atoms with E-state index in [2.05, 4.69) is 176 Å². The van der Waals surface area contributed by atoms with E-state index in [-0.39, 0.29) is 0 Å². The Balaban J connectivity index is 0.769. The van der Waals surface area contributed by atoms with E-state index >= 15 is 0 Å². The highest BCUT2D eigenvalue weighted by molar-refractivity contribution is 6.24. The van der Waals surface area contributed by atoms with Crippen LogP contribution < -0.4 is 0 Å². The molecule has 0 amide bonds. The zero-order chi connectivity index (χ0) is 40.7. The largest absolute Gasteiger partial charge is 0.456 e. The summed E-state index contributed by atoms with van der Waals surface area (Å²) in [6, 6.07) is 70.6. The summed E-state index contributed by atoms with van der Waals surface area (Å²) in [7, 11) is 0. The minimum absolute atomic E-state index is 0.862. The van der Waals surface area contributed by atoms with E-state index in [0.717, 1.165) is 110 Å². The minimum atomic E-state index is 0.862. The topological polar surface area (TPSA) is 52.1 Å². The molecule has 0 saturated heterocycles. The van der Waals surface area contributed by atoms with Gasteiger partial charge in [0.2, 0.25) is 0 Å². The fraction of sp³-hybridized carbons (Fsp3) is 0. The van der Waals surface area contributed by atoms with Crippen LogP contribution in [0, 0.1) is 0 Å². The second kappa shape index (κ2) is 13.6. The standard InChI is InChI=1S/C58H34N2O2/c1-3-12-46-43(9-1)44-10-2-4-13-47(44)57-56(46)59-34-50(60-57)41-29-25-39(26-30-41)37-21-17-35(18-22-37)36-19-23-38(24-20-36)40-27-31-42(32-28-40)54-55-48-14-6-8-16-52(48)61-53(55)33-49-45-11-5-7-15-51(45)62-58(49)54/h1-34H. The molecule has 0 N–H and O–H groups in total. The molecular formula is C58H34N2O2. The minimum Gasteiger partial charge on any atom is -0.456 e. The van der Waals surface area contributed by atoms with Crippen LogP contribution in [0.2, 0.25) is 0 Å². The van der Waals surface area contributed by atoms with Crippen LogP contribution in [-0.2, 0) is 0 Å². The molecule has 13 aromatic rings. The third kappa shape index (κ3) is 5.40. The molecule has 288 valence electrons. The molecule has 3 heterocycles. The number of fused-ring (bicyclic) bond motifs is 12. The molecule has 0 saturated carbocycles. The van der Waals surface area contributed by atoms with Gasteiger partial charge in [-0.25, -0.2) is 4.98 Å². The number of furan rings is 2. The second-order valence-corrected chi connectivity index (χ2v) is 16.1. The van der Waals surface area contributed by atoms with E-state index in [1.807, 2.05) is 30.5 Å². The molecule has 4 nitrogen and oxygen atoms in total. The Morgan fingerprint density at radius 3 is 1.27 bits per heavy atom. The van der Waals surface area contributed by atoms with Gasteiger partial charge in [0.15, 0.2) is 0 Å². The maximum absolute atomic E-state index is 6.57. The Morgan fingerprint density at radius 2 is 0.726 bits per heavy atom. The van der Waals surface area contributed by atoms with Crippen molar-refractivity contribution in [3.05, 3.63) is 206 Å². The Labute approximate surface area is 356 Å². The van der Waals surface area contributed by atoms with Gasteiger partial charge in [-0.3, -0.25) is 4.98 Å². The maximum Gasteiger partial charge on any atom is 0.144 e. The number of aromatic nitrogens is 2. The summed E-state index contributed by atoms with van der Waals surface area (Å²) in [6.07, 6.45) is 1.90. The predicted octanol–water partition coefficient (Wildman–Crippen LogP) is 16.1. The maximum atomic E-state index is 6.57. The average Bonchev–Trinajstić information content (AvgIpc) is 3.91. The zero-order valence-electron chi connectivity index (χ0n) is 33.3. The van der Waals surface area contributed by atoms with Crippen molar-refractivity contribution in [3.8, 4) is 55.8 Å². The Bertz CT molecular complexity index is 3840. The van der Waals surface area contributed by atoms with E-state index in [1.165, 1.54) is 21.9 Å². The molecule has 4 heteroatoms. The fourth-order valence-corrected chi connectivity index (χ4v) is 9.47. The summed E-state index contributed by atoms with van der Waals surface area (Å²) in [5.41, 5.74) is 16.4. The first kappa shape index (κ1) is 34.5. The van der Waals surface area contributed by atoms with Gasteiger partial charge in [-0.2, -0.15) is 0 Å². The van der Waals surface area contributed by atoms with Crippen molar-refractivity contribution in [1.82, 2.24) is 9.97 Å². The summed E-state index contributed by atoms with van der Waals surface area (Å²) in [5.74, 6) is 0. The lowest BCUT2D eigenvalue weighted by molar-refractivity contribution is 0.664. The number of para-hydroxylation sites is 2. The summed E-state index contributed by atoms with van der Waals surface area (Å²) < 4.78 is 13.0. The number of hydrogen-bond acceptors (Lipinski definition) is 4. The van der Waals surface area contributed by atoms with Crippen LogP contribution in [0.4, 0.5) is 0 Å². The summed E-state index contributed by atoms with van der Waals surface area (Å²) in [5, 5.41) is 8.95. The van der Waals surface area contributed by atoms with Crippen molar-refractivity contribution in [1.29, 1.82) is 0 Å². The summed E-state index contributed by atoms with van der Waals surface area (Å²) >= 11 is 0. The molecule has 0 unspecified atom stereocenters. The second-order valence-electron chi connectivity index (χ2n) is 16.1. The number of rotatable bonds is 5. The normalized spacial score (nSPS) is 11.9. The zero-order valence-corrected chi connectivity index (χ0v) is 33.3. The Kier molecular flexibility index (Phi) is 7.57. The van der Waals surface area contributed by atoms with E-state index < -0.39 is 0 Å². The molecule has 0 radical (unpaired) electrons. The van der Waals surface area contributed by atoms with Gasteiger partial charge in [-0.1, -0.05) is 182 Å². The van der Waals surface area contributed by atoms with Crippen molar-refractivity contribution in [3.63, 3.8) is 0 Å². The molecule has 0 fully saturated rings. The highest BCUT2D eigenvalue weighted by atomic mass is 16.3. The van der Waals surface area contributed by atoms with Crippen LogP contribution in [0.25, 0.3) is 132 Å². The summed E-state index contributed by atoms with van der Waals surface area (Å²) in [4.78, 5) is 10.1. The lowest BCUT2D eigenvalue weighted by atomic mass is 9.94. The smallest absolute Gasteiger partial charge is 0.144 e. The van der Waals surface area contributed by atoms with Gasteiger partial charge < -0.3 is 8.83 Å². The molecule has 0 atom stereocenters. The van der Waals surface area contributed by atoms with Crippen molar-refractivity contribution >= 4 is 76.5 Å². The molecule has 0 bridgehead atoms. The monoisotopic (exact) mass is 790 g/mol. The van der Waals surface area contributed by atoms with Gasteiger partial charge in [0.1, 0.15) is 22.3 Å². The van der Waals surface area contributed by atoms with Gasteiger partial charge in [-0.15, -0.1) is 0 Å². The quantitative estimate of drug-likeness (QED) is 0.163. The van der Waals surface area contributed by atoms with E-state index in [1.54, 1.807) is 0 Å². The van der Waals surface area contributed by atoms with Crippen LogP contribution in [0.5, 0.6) is 0 Å². The lowest BCUT2D eigenvalue weighted by Crippen LogP contribution is -1.92. The van der Waals surface area contributed by atoms with Crippen LogP contribution in [0.3, 0.4) is 0 Å². The van der Waals surface area contributed by atoms with Crippen LogP contribution in [0.1, 0.15) is 0 Å². The van der Waals surface area contributed by atoms with Crippen LogP contribution >= 0.6 is 0 Å². The molecule has 3 aromatic heterocycles. The van der Waals surface area contributed by atoms with Crippen molar-refractivity contribution in [2.24, 2.45) is 0 Å². The van der Waals surface area contributed by atoms with Gasteiger partial charge in [0, 0.05) is 43.4 Å². The Morgan fingerprint density at radius 1 is 0.306 bits per heavy atom. The van der Waals surface area contributed by atoms with Gasteiger partial charge in [0.05, 0.1) is 22.9 Å². The van der Waals surface area contributed by atoms with Crippen LogP contribution in [0.15, 0.2) is 215 Å². The van der Waals surface area contributed by atoms with Crippen molar-refractivity contribution < 1.29 is 8.83 Å². The third-order valence-electron chi connectivity index (χ3n) is 12.6. The average molecular weight is 791 g/mol. The first-order valence-corrected chi connectivity index (χ1v) is 21.0. The SMILES string of the molecule is c1ccc2c(c1)oc1c(-c3ccc(-c4ccc(-c5ccc(-c6ccc(-c7cnc8c9ccccc9c9ccccc9c8n7)cc6)cc5)cc4)cc3)c3c(cc12)oc1ccccc13. The molecule has 62 heavy (non-hydrogen) atoms. The summed E-state index contributed by atoms with van der Waals surface area (Å²) in [6.45, 7) is 0. The van der Waals surface area contributed by atoms with Crippen LogP contribution in [-0.4, -0.2) is 9.97 Å². The van der Waals surface area contributed by atoms with Gasteiger partial charge >= 0.3 is 0 Å². The fourth-order valence-electron chi connectivity index (χ4n) is 9.47. The van der Waals surface area contributed by atoms with Crippen molar-refractivity contribution in [2.45, 2.75) is 0 Å². The predicted molar refractivity (Wildman–Crippen MR) is 256 cm³/mol. The van der Waals surface area contributed by atoms with Gasteiger partial charge in [0.25, 0.3) is 0 Å². The van der Waals surface area contributed by atoms with E-state index in [0.29, 0.717) is 0 Å². The highest BCUT2D eigenvalue weighted by Gasteiger charge is 2.21. The molecule has 13 rings (SSSR count). The number of hydrogen-bond donors (Lipinski definition) is 0. The molecule has 0 spiro atoms. The molecule has 0 aliphatic carbocycles. The first-order chi connectivity index (χ1) is 30.7. The highest BCUT2D eigenvalue weighted by Crippen LogP contribution is 2.45. The van der Waals surface area contributed by atoms with E-state index in [4.69, 9.17) is 18.8 Å². The molecule has 10 aromatic carbocycles. The number of benzene rings is 10. The number of nitrogens with zero attached hydrogens (tertiary/aromatic N) is 2. The molecule has 0 aliphatic rings. The lowest BCUT2D eigenvalue weighted by Gasteiger charge is -2.11. The first-order valence-electron chi connectivity index (χ1n) is 21.0. The third-order valence-corrected chi connectivity index (χ3v) is 12.6. The van der Waals surface area contributed by atoms with Crippen molar-refractivity contribution in [2.75, 3.05) is 0 Å². The van der Waals surface area contributed by atoms with E-state index in [9.17, 15) is 0 Å². The molecule has 0 aliphatic heterocycles. The molecular weight excluding hydrogens is 757 g/mol. The van der Waals surface area contributed by atoms with Gasteiger partial charge in [-0.05, 0) is 67.9 Å².